The first kappa shape index (κ1) is 33.2. The third-order valence-electron chi connectivity index (χ3n) is 6.82. The molecule has 0 unspecified atom stereocenters. The van der Waals surface area contributed by atoms with Gasteiger partial charge in [0.15, 0.2) is 0 Å². The number of nitrogens with zero attached hydrogens (tertiary/aromatic N) is 2. The van der Waals surface area contributed by atoms with Crippen molar-refractivity contribution >= 4 is 50.7 Å². The Labute approximate surface area is 258 Å². The molecule has 11 heteroatoms. The van der Waals surface area contributed by atoms with Gasteiger partial charge in [-0.2, -0.15) is 0 Å². The average Bonchev–Trinajstić information content (AvgIpc) is 2.98. The molecule has 0 heterocycles. The van der Waals surface area contributed by atoms with Crippen LogP contribution in [0.15, 0.2) is 71.6 Å². The smallest absolute Gasteiger partial charge is 0.264 e. The lowest BCUT2D eigenvalue weighted by molar-refractivity contribution is -0.140. The molecular weight excluding hydrogens is 597 g/mol. The topological polar surface area (TPSA) is 96.0 Å². The summed E-state index contributed by atoms with van der Waals surface area (Å²) in [6.07, 6.45) is 2.02. The molecule has 2 amide bonds. The molecule has 1 N–H and O–H groups in total. The van der Waals surface area contributed by atoms with E-state index in [1.807, 2.05) is 20.8 Å². The van der Waals surface area contributed by atoms with Crippen LogP contribution in [0.5, 0.6) is 5.75 Å². The quantitative estimate of drug-likeness (QED) is 0.212. The number of hydrogen-bond acceptors (Lipinski definition) is 5. The zero-order valence-corrected chi connectivity index (χ0v) is 26.6. The van der Waals surface area contributed by atoms with E-state index in [1.165, 1.54) is 29.2 Å². The van der Waals surface area contributed by atoms with Gasteiger partial charge >= 0.3 is 0 Å². The van der Waals surface area contributed by atoms with E-state index in [2.05, 4.69) is 5.32 Å². The molecule has 0 aliphatic rings. The summed E-state index contributed by atoms with van der Waals surface area (Å²) in [6.45, 7) is 5.62. The summed E-state index contributed by atoms with van der Waals surface area (Å²) in [5, 5.41) is 3.05. The lowest BCUT2D eigenvalue weighted by Gasteiger charge is -2.33. The second-order valence-corrected chi connectivity index (χ2v) is 12.5. The second-order valence-electron chi connectivity index (χ2n) is 9.84. The van der Waals surface area contributed by atoms with Crippen molar-refractivity contribution in [1.29, 1.82) is 0 Å². The molecule has 0 saturated heterocycles. The van der Waals surface area contributed by atoms with Crippen molar-refractivity contribution in [2.45, 2.75) is 57.5 Å². The molecule has 0 bridgehead atoms. The molecule has 0 fully saturated rings. The number of carbonyl (C=O) groups excluding carboxylic acids is 2. The third kappa shape index (κ3) is 8.18. The Kier molecular flexibility index (Phi) is 12.1. The fourth-order valence-electron chi connectivity index (χ4n) is 4.39. The van der Waals surface area contributed by atoms with E-state index in [0.717, 1.165) is 28.3 Å². The van der Waals surface area contributed by atoms with Crippen LogP contribution in [0.2, 0.25) is 10.0 Å². The van der Waals surface area contributed by atoms with Crippen molar-refractivity contribution in [3.8, 4) is 5.75 Å². The Balaban J connectivity index is 2.07. The van der Waals surface area contributed by atoms with E-state index in [0.29, 0.717) is 18.7 Å². The van der Waals surface area contributed by atoms with Gasteiger partial charge in [0.25, 0.3) is 10.0 Å². The van der Waals surface area contributed by atoms with Crippen LogP contribution in [0.3, 0.4) is 0 Å². The van der Waals surface area contributed by atoms with Crippen LogP contribution in [0.25, 0.3) is 0 Å². The van der Waals surface area contributed by atoms with E-state index >= 15 is 0 Å². The van der Waals surface area contributed by atoms with Crippen molar-refractivity contribution in [3.63, 3.8) is 0 Å². The summed E-state index contributed by atoms with van der Waals surface area (Å²) in [7, 11) is -2.71. The molecule has 0 saturated carbocycles. The molecule has 3 aromatic carbocycles. The predicted molar refractivity (Wildman–Crippen MR) is 168 cm³/mol. The minimum atomic E-state index is -4.27. The lowest BCUT2D eigenvalue weighted by Crippen LogP contribution is -2.52. The lowest BCUT2D eigenvalue weighted by atomic mass is 10.1. The number of benzene rings is 3. The molecule has 1 atom stereocenters. The number of carbonyl (C=O) groups is 2. The van der Waals surface area contributed by atoms with Gasteiger partial charge < -0.3 is 15.0 Å². The zero-order valence-electron chi connectivity index (χ0n) is 24.3. The molecule has 8 nitrogen and oxygen atoms in total. The standard InChI is InChI=1S/C31H37Cl2N3O5S/c1-5-7-19-34-31(38)27(6-2)35(20-23-13-15-24(41-4)16-14-23)29(37)21-36(28-10-8-9-26(32)30(28)33)42(39,40)25-17-11-22(3)12-18-25/h8-18,27H,5-7,19-21H2,1-4H3,(H,34,38)/t27-/m0/s1. The second kappa shape index (κ2) is 15.3. The normalized spacial score (nSPS) is 12.0. The molecule has 226 valence electrons. The highest BCUT2D eigenvalue weighted by atomic mass is 35.5. The van der Waals surface area contributed by atoms with Crippen LogP contribution < -0.4 is 14.4 Å². The molecule has 42 heavy (non-hydrogen) atoms. The third-order valence-corrected chi connectivity index (χ3v) is 9.40. The number of anilines is 1. The number of halogens is 2. The molecule has 3 aromatic rings. The summed E-state index contributed by atoms with van der Waals surface area (Å²) >= 11 is 12.8. The molecule has 0 aliphatic carbocycles. The Morgan fingerprint density at radius 2 is 1.64 bits per heavy atom. The van der Waals surface area contributed by atoms with Crippen LogP contribution in [-0.2, 0) is 26.2 Å². The van der Waals surface area contributed by atoms with Crippen molar-refractivity contribution in [2.75, 3.05) is 24.5 Å². The van der Waals surface area contributed by atoms with Crippen LogP contribution in [0.4, 0.5) is 5.69 Å². The molecule has 0 radical (unpaired) electrons. The maximum Gasteiger partial charge on any atom is 0.264 e. The summed E-state index contributed by atoms with van der Waals surface area (Å²) in [5.41, 5.74) is 1.68. The van der Waals surface area contributed by atoms with E-state index < -0.39 is 28.5 Å². The minimum absolute atomic E-state index is 0.00583. The van der Waals surface area contributed by atoms with Gasteiger partial charge in [-0.15, -0.1) is 0 Å². The highest BCUT2D eigenvalue weighted by molar-refractivity contribution is 7.92. The van der Waals surface area contributed by atoms with E-state index in [9.17, 15) is 18.0 Å². The van der Waals surface area contributed by atoms with Gasteiger partial charge in [-0.1, -0.05) is 79.4 Å². The van der Waals surface area contributed by atoms with Crippen LogP contribution in [0, 0.1) is 6.92 Å². The summed E-state index contributed by atoms with van der Waals surface area (Å²) in [6, 6.07) is 17.2. The number of unbranched alkanes of at least 4 members (excludes halogenated alkanes) is 1. The minimum Gasteiger partial charge on any atom is -0.497 e. The van der Waals surface area contributed by atoms with Gasteiger partial charge in [0, 0.05) is 13.1 Å². The largest absolute Gasteiger partial charge is 0.497 e. The SMILES string of the molecule is CCCCNC(=O)[C@H](CC)N(Cc1ccc(OC)cc1)C(=O)CN(c1cccc(Cl)c1Cl)S(=O)(=O)c1ccc(C)cc1. The summed E-state index contributed by atoms with van der Waals surface area (Å²) in [5.74, 6) is -0.233. The predicted octanol–water partition coefficient (Wildman–Crippen LogP) is 6.23. The fraction of sp³-hybridized carbons (Fsp3) is 0.355. The first-order valence-electron chi connectivity index (χ1n) is 13.8. The number of sulfonamides is 1. The Morgan fingerprint density at radius 3 is 2.24 bits per heavy atom. The highest BCUT2D eigenvalue weighted by Crippen LogP contribution is 2.35. The van der Waals surface area contributed by atoms with Crippen molar-refractivity contribution in [2.24, 2.45) is 0 Å². The van der Waals surface area contributed by atoms with Crippen LogP contribution in [-0.4, -0.2) is 51.4 Å². The van der Waals surface area contributed by atoms with E-state index in [-0.39, 0.29) is 33.1 Å². The van der Waals surface area contributed by atoms with Crippen LogP contribution >= 0.6 is 23.2 Å². The summed E-state index contributed by atoms with van der Waals surface area (Å²) < 4.78 is 34.2. The van der Waals surface area contributed by atoms with Crippen molar-refractivity contribution in [1.82, 2.24) is 10.2 Å². The average molecular weight is 635 g/mol. The van der Waals surface area contributed by atoms with Gasteiger partial charge in [0.05, 0.1) is 27.7 Å². The number of ether oxygens (including phenoxy) is 1. The van der Waals surface area contributed by atoms with E-state index in [4.69, 9.17) is 27.9 Å². The van der Waals surface area contributed by atoms with Crippen LogP contribution in [0.1, 0.15) is 44.2 Å². The first-order chi connectivity index (χ1) is 20.0. The van der Waals surface area contributed by atoms with Gasteiger partial charge in [-0.3, -0.25) is 13.9 Å². The van der Waals surface area contributed by atoms with Crippen molar-refractivity contribution < 1.29 is 22.7 Å². The fourth-order valence-corrected chi connectivity index (χ4v) is 6.26. The molecular formula is C31H37Cl2N3O5S. The number of hydrogen-bond donors (Lipinski definition) is 1. The Bertz CT molecular complexity index is 1460. The maximum absolute atomic E-state index is 14.2. The zero-order chi connectivity index (χ0) is 30.9. The Hall–Kier alpha value is -3.27. The summed E-state index contributed by atoms with van der Waals surface area (Å²) in [4.78, 5) is 28.9. The number of nitrogens with one attached hydrogen (secondary N) is 1. The number of rotatable bonds is 14. The molecule has 0 aliphatic heterocycles. The molecule has 3 rings (SSSR count). The number of methoxy groups -OCH3 is 1. The van der Waals surface area contributed by atoms with Crippen molar-refractivity contribution in [3.05, 3.63) is 87.9 Å². The monoisotopic (exact) mass is 633 g/mol. The Morgan fingerprint density at radius 1 is 0.976 bits per heavy atom. The maximum atomic E-state index is 14.2. The number of aryl methyl sites for hydroxylation is 1. The first-order valence-corrected chi connectivity index (χ1v) is 16.0. The molecule has 0 spiro atoms. The highest BCUT2D eigenvalue weighted by Gasteiger charge is 2.34. The van der Waals surface area contributed by atoms with Gasteiger partial charge in [0.2, 0.25) is 11.8 Å². The van der Waals surface area contributed by atoms with Gasteiger partial charge in [-0.25, -0.2) is 8.42 Å². The van der Waals surface area contributed by atoms with Gasteiger partial charge in [-0.05, 0) is 61.7 Å². The number of amides is 2. The van der Waals surface area contributed by atoms with Gasteiger partial charge in [0.1, 0.15) is 18.3 Å². The van der Waals surface area contributed by atoms with E-state index in [1.54, 1.807) is 49.6 Å². The molecule has 0 aromatic heterocycles.